The minimum absolute atomic E-state index is 0.0380. The summed E-state index contributed by atoms with van der Waals surface area (Å²) in [5, 5.41) is 65.5. The predicted molar refractivity (Wildman–Crippen MR) is 241 cm³/mol. The average Bonchev–Trinajstić information content (AvgIpc) is 3.19. The molecule has 3 fully saturated rings. The summed E-state index contributed by atoms with van der Waals surface area (Å²) in [6.07, 6.45) is -16.1. The maximum atomic E-state index is 13.4. The van der Waals surface area contributed by atoms with Crippen molar-refractivity contribution in [2.24, 2.45) is 0 Å². The van der Waals surface area contributed by atoms with Gasteiger partial charge in [-0.15, -0.1) is 0 Å². The summed E-state index contributed by atoms with van der Waals surface area (Å²) in [7, 11) is -3.22. The zero-order valence-electron chi connectivity index (χ0n) is 41.0. The normalized spacial score (nSPS) is 30.5. The topological polar surface area (TPSA) is 342 Å². The van der Waals surface area contributed by atoms with Crippen molar-refractivity contribution >= 4 is 39.9 Å². The van der Waals surface area contributed by atoms with Crippen molar-refractivity contribution in [3.05, 3.63) is 34.4 Å². The number of carbonyl (C=O) groups is 4. The molecule has 69 heavy (non-hydrogen) atoms. The van der Waals surface area contributed by atoms with Crippen LogP contribution in [0.5, 0.6) is 0 Å². The predicted octanol–water partition coefficient (Wildman–Crippen LogP) is 1.27. The lowest BCUT2D eigenvalue weighted by Gasteiger charge is -2.51. The highest BCUT2D eigenvalue weighted by Gasteiger charge is 2.55. The minimum Gasteiger partial charge on any atom is -0.444 e. The number of nitrogens with zero attached hydrogens (tertiary/aromatic N) is 2. The average molecular weight is 1010 g/mol. The molecule has 1 aliphatic carbocycles. The van der Waals surface area contributed by atoms with Crippen molar-refractivity contribution in [1.82, 2.24) is 25.6 Å². The molecule has 4 amide bonds. The number of amides is 4. The lowest BCUT2D eigenvalue weighted by Crippen LogP contribution is -2.71. The fraction of sp³-hybridized carbons (Fsp3) is 0.767. The SMILES string of the molecule is C[C@H](O)C(=O)N[C@@H]1C[C@H](NC(=O)OC(C)(C)C)[C@@H](O[C@H]2O[C@H](CNS(=O)(=O)c3ccccc3[N+](=O)[O-])CC[C@H]2NC(=O)OC(C)(C)C)[C@H](O)[C@H]1O[C@H]1OC[C@](C)(O)[C@H](N(C)C(=O)OC(C)(C)C)[C@H]1O. The molecule has 4 rings (SSSR count). The number of benzene rings is 1. The molecule has 392 valence electrons. The summed E-state index contributed by atoms with van der Waals surface area (Å²) in [6, 6.07) is -0.454. The smallest absolute Gasteiger partial charge is 0.410 e. The second kappa shape index (κ2) is 22.3. The molecule has 8 N–H and O–H groups in total. The van der Waals surface area contributed by atoms with Gasteiger partial charge < -0.3 is 74.4 Å². The largest absolute Gasteiger partial charge is 0.444 e. The monoisotopic (exact) mass is 1010 g/mol. The Labute approximate surface area is 401 Å². The molecule has 0 bridgehead atoms. The van der Waals surface area contributed by atoms with Gasteiger partial charge in [0.25, 0.3) is 5.69 Å². The van der Waals surface area contributed by atoms with Crippen molar-refractivity contribution < 1.29 is 86.1 Å². The number of alkyl carbamates (subject to hydrolysis) is 2. The van der Waals surface area contributed by atoms with Crippen molar-refractivity contribution in [3.63, 3.8) is 0 Å². The summed E-state index contributed by atoms with van der Waals surface area (Å²) in [5.41, 5.74) is -5.53. The highest BCUT2D eigenvalue weighted by atomic mass is 32.2. The van der Waals surface area contributed by atoms with Gasteiger partial charge >= 0.3 is 18.3 Å². The summed E-state index contributed by atoms with van der Waals surface area (Å²) in [6.45, 7) is 16.0. The van der Waals surface area contributed by atoms with E-state index in [1.54, 1.807) is 62.3 Å². The summed E-state index contributed by atoms with van der Waals surface area (Å²) in [4.78, 5) is 64.2. The molecule has 0 aromatic heterocycles. The van der Waals surface area contributed by atoms with E-state index in [0.717, 1.165) is 17.0 Å². The minimum atomic E-state index is -4.51. The van der Waals surface area contributed by atoms with E-state index in [0.29, 0.717) is 0 Å². The van der Waals surface area contributed by atoms with E-state index < -0.39 is 159 Å². The Morgan fingerprint density at radius 3 is 1.91 bits per heavy atom. The van der Waals surface area contributed by atoms with E-state index >= 15 is 0 Å². The number of sulfonamides is 1. The number of aliphatic hydroxyl groups is 4. The Morgan fingerprint density at radius 1 is 0.855 bits per heavy atom. The molecule has 0 unspecified atom stereocenters. The summed E-state index contributed by atoms with van der Waals surface area (Å²) < 4.78 is 70.4. The van der Waals surface area contributed by atoms with Crippen molar-refractivity contribution in [1.29, 1.82) is 0 Å². The number of aliphatic hydroxyl groups excluding tert-OH is 3. The van der Waals surface area contributed by atoms with Crippen molar-refractivity contribution in [2.75, 3.05) is 20.2 Å². The number of nitrogens with one attached hydrogen (secondary N) is 4. The van der Waals surface area contributed by atoms with E-state index in [1.165, 1.54) is 33.0 Å². The van der Waals surface area contributed by atoms with Gasteiger partial charge in [0.1, 0.15) is 52.9 Å². The summed E-state index contributed by atoms with van der Waals surface area (Å²) in [5.74, 6) is -0.935. The van der Waals surface area contributed by atoms with Gasteiger partial charge in [-0.25, -0.2) is 27.5 Å². The van der Waals surface area contributed by atoms with E-state index in [2.05, 4.69) is 20.7 Å². The maximum Gasteiger partial charge on any atom is 0.410 e. The number of nitro groups is 1. The maximum absolute atomic E-state index is 13.4. The molecule has 3 aliphatic rings. The first kappa shape index (κ1) is 57.1. The van der Waals surface area contributed by atoms with Gasteiger partial charge in [-0.1, -0.05) is 12.1 Å². The Morgan fingerprint density at radius 2 is 1.38 bits per heavy atom. The Balaban J connectivity index is 1.76. The van der Waals surface area contributed by atoms with E-state index in [4.69, 9.17) is 33.2 Å². The fourth-order valence-corrected chi connectivity index (χ4v) is 9.16. The number of carbonyl (C=O) groups excluding carboxylic acids is 4. The van der Waals surface area contributed by atoms with Crippen molar-refractivity contribution in [2.45, 2.75) is 196 Å². The molecule has 2 aliphatic heterocycles. The molecule has 13 atom stereocenters. The third-order valence-corrected chi connectivity index (χ3v) is 12.3. The molecule has 0 radical (unpaired) electrons. The van der Waals surface area contributed by atoms with E-state index in [1.807, 2.05) is 0 Å². The third-order valence-electron chi connectivity index (χ3n) is 10.9. The zero-order chi connectivity index (χ0) is 52.2. The van der Waals surface area contributed by atoms with Gasteiger partial charge in [-0.2, -0.15) is 0 Å². The highest BCUT2D eigenvalue weighted by Crippen LogP contribution is 2.35. The number of nitro benzene ring substituents is 1. The standard InChI is InChI=1S/C43H70N6O19S/c1-22(50)34(53)45-25-19-26(47-38(55)67-41(5,6)7)32(29(51)31(25)65-36-30(52)33(43(11,57)21-62-36)48(12)39(56)68-42(8,9)10)64-35-24(46-37(54)66-40(2,3)4)18-17-23(63-35)20-44-69(60,61)28-16-14-13-15-27(28)49(58)59/h13-16,22-26,29-33,35-36,44,50-52,57H,17-21H2,1-12H3,(H,45,53)(H,46,54)(H,47,55)/t22-,23-,24+,25+,26-,29+,30+,31-,32+,33+,35+,36+,43-/m0/s1. The van der Waals surface area contributed by atoms with Crippen LogP contribution in [0.15, 0.2) is 29.2 Å². The van der Waals surface area contributed by atoms with Gasteiger partial charge in [-0.05, 0) is 101 Å². The molecule has 0 spiro atoms. The number of likely N-dealkylation sites (N-methyl/N-ethyl adjacent to an activating group) is 1. The van der Waals surface area contributed by atoms with Crippen LogP contribution in [0.2, 0.25) is 0 Å². The van der Waals surface area contributed by atoms with Crippen LogP contribution in [0.4, 0.5) is 20.1 Å². The van der Waals surface area contributed by atoms with Crippen LogP contribution in [0.1, 0.15) is 95.4 Å². The highest BCUT2D eigenvalue weighted by molar-refractivity contribution is 7.89. The zero-order valence-corrected chi connectivity index (χ0v) is 41.8. The van der Waals surface area contributed by atoms with E-state index in [-0.39, 0.29) is 19.3 Å². The molecule has 1 aromatic rings. The second-order valence-electron chi connectivity index (χ2n) is 20.6. The van der Waals surface area contributed by atoms with Gasteiger partial charge in [0.05, 0.1) is 41.8 Å². The number of rotatable bonds is 14. The molecule has 2 heterocycles. The number of ether oxygens (including phenoxy) is 7. The number of hydrogen-bond acceptors (Lipinski definition) is 19. The van der Waals surface area contributed by atoms with Crippen LogP contribution < -0.4 is 20.7 Å². The first-order chi connectivity index (χ1) is 31.6. The van der Waals surface area contributed by atoms with Crippen LogP contribution in [-0.4, -0.2) is 179 Å². The van der Waals surface area contributed by atoms with Crippen LogP contribution in [-0.2, 0) is 48.0 Å². The molecular formula is C43H70N6O19S. The molecule has 1 aromatic carbocycles. The third kappa shape index (κ3) is 16.0. The lowest BCUT2D eigenvalue weighted by molar-refractivity contribution is -0.387. The molecule has 25 nitrogen and oxygen atoms in total. The number of para-hydroxylation sites is 1. The van der Waals surface area contributed by atoms with Crippen molar-refractivity contribution in [3.8, 4) is 0 Å². The van der Waals surface area contributed by atoms with Crippen LogP contribution in [0, 0.1) is 10.1 Å². The molecule has 1 saturated carbocycles. The van der Waals surface area contributed by atoms with Gasteiger partial charge in [0.2, 0.25) is 15.9 Å². The van der Waals surface area contributed by atoms with Gasteiger partial charge in [0.15, 0.2) is 17.5 Å². The lowest BCUT2D eigenvalue weighted by atomic mass is 9.82. The molecule has 2 saturated heterocycles. The van der Waals surface area contributed by atoms with Gasteiger partial charge in [-0.3, -0.25) is 14.9 Å². The van der Waals surface area contributed by atoms with Crippen LogP contribution >= 0.6 is 0 Å². The Bertz CT molecular complexity index is 2090. The molecule has 26 heteroatoms. The Hall–Kier alpha value is -4.51. The van der Waals surface area contributed by atoms with E-state index in [9.17, 15) is 58.1 Å². The second-order valence-corrected chi connectivity index (χ2v) is 22.3. The summed E-state index contributed by atoms with van der Waals surface area (Å²) >= 11 is 0. The first-order valence-electron chi connectivity index (χ1n) is 22.4. The van der Waals surface area contributed by atoms with Crippen LogP contribution in [0.3, 0.4) is 0 Å². The fourth-order valence-electron chi connectivity index (χ4n) is 7.92. The quantitative estimate of drug-likeness (QED) is 0.0739. The number of hydrogen-bond donors (Lipinski definition) is 8. The van der Waals surface area contributed by atoms with Crippen LogP contribution in [0.25, 0.3) is 0 Å². The molecular weight excluding hydrogens is 937 g/mol. The first-order valence-corrected chi connectivity index (χ1v) is 23.9. The van der Waals surface area contributed by atoms with Gasteiger partial charge in [0, 0.05) is 19.7 Å². The Kier molecular flexibility index (Phi) is 18.4.